The molecule has 0 atom stereocenters. The Kier molecular flexibility index (Phi) is 4.31. The Bertz CT molecular complexity index is 640. The molecule has 0 amide bonds. The number of hydrogen-bond donors (Lipinski definition) is 0. The summed E-state index contributed by atoms with van der Waals surface area (Å²) in [6.07, 6.45) is 7.83. The van der Waals surface area contributed by atoms with E-state index in [0.717, 1.165) is 34.6 Å². The minimum Gasteiger partial charge on any atom is -0.266 e. The van der Waals surface area contributed by atoms with Crippen molar-refractivity contribution >= 4 is 26.0 Å². The van der Waals surface area contributed by atoms with Crippen LogP contribution in [0.25, 0.3) is 0 Å². The highest BCUT2D eigenvalue weighted by atomic mass is 79.9. The molecule has 4 aliphatic carbocycles. The Morgan fingerprint density at radius 1 is 0.957 bits per heavy atom. The van der Waals surface area contributed by atoms with Crippen LogP contribution in [-0.2, 0) is 14.3 Å². The average molecular weight is 399 g/mol. The molecule has 0 spiro atoms. The summed E-state index contributed by atoms with van der Waals surface area (Å²) in [4.78, 5) is 0.241. The standard InChI is InChI=1S/C18H23BrO3S/c19-16-1-3-17(4-2-16)23(20,21)22-6-5-18-14-8-12-7-13(10-14)11-15(18)9-12/h1-4,12-15,18H,5-11H2. The van der Waals surface area contributed by atoms with Crippen molar-refractivity contribution in [2.75, 3.05) is 6.61 Å². The molecule has 0 aromatic heterocycles. The van der Waals surface area contributed by atoms with Crippen LogP contribution in [0.1, 0.15) is 38.5 Å². The van der Waals surface area contributed by atoms with Crippen LogP contribution >= 0.6 is 15.9 Å². The van der Waals surface area contributed by atoms with E-state index in [9.17, 15) is 8.42 Å². The zero-order valence-corrected chi connectivity index (χ0v) is 15.6. The minimum atomic E-state index is -3.62. The van der Waals surface area contributed by atoms with Gasteiger partial charge in [0.25, 0.3) is 10.1 Å². The van der Waals surface area contributed by atoms with Gasteiger partial charge < -0.3 is 0 Å². The first-order valence-electron chi connectivity index (χ1n) is 8.66. The SMILES string of the molecule is O=S(=O)(OCCC1C2CC3CC(C2)CC1C3)c1ccc(Br)cc1. The maximum absolute atomic E-state index is 12.3. The van der Waals surface area contributed by atoms with Crippen molar-refractivity contribution in [3.05, 3.63) is 28.7 Å². The van der Waals surface area contributed by atoms with E-state index >= 15 is 0 Å². The zero-order valence-electron chi connectivity index (χ0n) is 13.2. The molecule has 126 valence electrons. The number of benzene rings is 1. The second kappa shape index (κ2) is 6.16. The summed E-state index contributed by atoms with van der Waals surface area (Å²) in [6, 6.07) is 6.63. The fraction of sp³-hybridized carbons (Fsp3) is 0.667. The summed E-state index contributed by atoms with van der Waals surface area (Å²) in [5, 5.41) is 0. The van der Waals surface area contributed by atoms with E-state index in [1.807, 2.05) is 0 Å². The fourth-order valence-corrected chi connectivity index (χ4v) is 6.66. The molecule has 4 bridgehead atoms. The van der Waals surface area contributed by atoms with Crippen molar-refractivity contribution in [3.63, 3.8) is 0 Å². The molecule has 0 saturated heterocycles. The van der Waals surface area contributed by atoms with Crippen molar-refractivity contribution in [2.24, 2.45) is 29.6 Å². The van der Waals surface area contributed by atoms with E-state index in [4.69, 9.17) is 4.18 Å². The molecule has 1 aromatic carbocycles. The summed E-state index contributed by atoms with van der Waals surface area (Å²) in [5.74, 6) is 4.25. The summed E-state index contributed by atoms with van der Waals surface area (Å²) >= 11 is 3.32. The third-order valence-corrected chi connectivity index (χ3v) is 8.07. The summed E-state index contributed by atoms with van der Waals surface area (Å²) in [7, 11) is -3.62. The summed E-state index contributed by atoms with van der Waals surface area (Å²) in [5.41, 5.74) is 0. The molecule has 1 aromatic rings. The van der Waals surface area contributed by atoms with Gasteiger partial charge in [0.05, 0.1) is 11.5 Å². The predicted molar refractivity (Wildman–Crippen MR) is 92.4 cm³/mol. The van der Waals surface area contributed by atoms with Gasteiger partial charge in [-0.3, -0.25) is 4.18 Å². The van der Waals surface area contributed by atoms with E-state index in [1.54, 1.807) is 24.3 Å². The largest absolute Gasteiger partial charge is 0.296 e. The second-order valence-corrected chi connectivity index (χ2v) is 10.1. The van der Waals surface area contributed by atoms with Crippen molar-refractivity contribution in [1.82, 2.24) is 0 Å². The summed E-state index contributed by atoms with van der Waals surface area (Å²) < 4.78 is 30.7. The molecule has 5 heteroatoms. The fourth-order valence-electron chi connectivity index (χ4n) is 5.47. The van der Waals surface area contributed by atoms with E-state index in [1.165, 1.54) is 32.1 Å². The monoisotopic (exact) mass is 398 g/mol. The zero-order chi connectivity index (χ0) is 16.0. The molecule has 0 unspecified atom stereocenters. The molecule has 0 radical (unpaired) electrons. The van der Waals surface area contributed by atoms with Gasteiger partial charge >= 0.3 is 0 Å². The van der Waals surface area contributed by atoms with Crippen LogP contribution in [0.3, 0.4) is 0 Å². The van der Waals surface area contributed by atoms with Crippen molar-refractivity contribution in [3.8, 4) is 0 Å². The molecule has 0 heterocycles. The average Bonchev–Trinajstić information content (AvgIpc) is 2.50. The second-order valence-electron chi connectivity index (χ2n) is 7.61. The smallest absolute Gasteiger partial charge is 0.266 e. The first-order chi connectivity index (χ1) is 11.0. The van der Waals surface area contributed by atoms with Crippen molar-refractivity contribution in [2.45, 2.75) is 43.4 Å². The number of rotatable bonds is 5. The Labute approximate surface area is 147 Å². The number of halogens is 1. The lowest BCUT2D eigenvalue weighted by atomic mass is 9.51. The Morgan fingerprint density at radius 2 is 1.52 bits per heavy atom. The van der Waals surface area contributed by atoms with Crippen LogP contribution in [-0.4, -0.2) is 15.0 Å². The van der Waals surface area contributed by atoms with E-state index in [-0.39, 0.29) is 4.90 Å². The molecule has 4 fully saturated rings. The Morgan fingerprint density at radius 3 is 2.09 bits per heavy atom. The lowest BCUT2D eigenvalue weighted by molar-refractivity contribution is -0.0433. The molecule has 4 saturated carbocycles. The quantitative estimate of drug-likeness (QED) is 0.679. The molecule has 5 rings (SSSR count). The van der Waals surface area contributed by atoms with Gasteiger partial charge in [-0.1, -0.05) is 15.9 Å². The van der Waals surface area contributed by atoms with Crippen molar-refractivity contribution < 1.29 is 12.6 Å². The molecular weight excluding hydrogens is 376 g/mol. The lowest BCUT2D eigenvalue weighted by Gasteiger charge is -2.54. The molecule has 3 nitrogen and oxygen atoms in total. The highest BCUT2D eigenvalue weighted by Crippen LogP contribution is 2.57. The van der Waals surface area contributed by atoms with Gasteiger partial charge in [-0.25, -0.2) is 0 Å². The molecule has 0 aliphatic heterocycles. The number of hydrogen-bond acceptors (Lipinski definition) is 3. The van der Waals surface area contributed by atoms with Crippen molar-refractivity contribution in [1.29, 1.82) is 0 Å². The first kappa shape index (κ1) is 16.1. The maximum atomic E-state index is 12.3. The van der Waals surface area contributed by atoms with Crippen LogP contribution in [0.4, 0.5) is 0 Å². The molecule has 4 aliphatic rings. The highest BCUT2D eigenvalue weighted by Gasteiger charge is 2.47. The first-order valence-corrected chi connectivity index (χ1v) is 10.9. The lowest BCUT2D eigenvalue weighted by Crippen LogP contribution is -2.45. The third-order valence-electron chi connectivity index (χ3n) is 6.21. The highest BCUT2D eigenvalue weighted by molar-refractivity contribution is 9.10. The molecular formula is C18H23BrO3S. The third kappa shape index (κ3) is 3.24. The van der Waals surface area contributed by atoms with Gasteiger partial charge in [-0.05, 0) is 92.4 Å². The van der Waals surface area contributed by atoms with E-state index in [0.29, 0.717) is 12.5 Å². The predicted octanol–water partition coefficient (Wildman–Crippen LogP) is 4.62. The van der Waals surface area contributed by atoms with Gasteiger partial charge in [-0.2, -0.15) is 8.42 Å². The molecule has 23 heavy (non-hydrogen) atoms. The van der Waals surface area contributed by atoms with Crippen LogP contribution in [0, 0.1) is 29.6 Å². The van der Waals surface area contributed by atoms with Crippen LogP contribution < -0.4 is 0 Å². The molecule has 0 N–H and O–H groups in total. The van der Waals surface area contributed by atoms with Gasteiger partial charge in [0.15, 0.2) is 0 Å². The topological polar surface area (TPSA) is 43.4 Å². The summed E-state index contributed by atoms with van der Waals surface area (Å²) in [6.45, 7) is 0.325. The normalized spacial score (nSPS) is 35.6. The van der Waals surface area contributed by atoms with E-state index < -0.39 is 10.1 Å². The van der Waals surface area contributed by atoms with E-state index in [2.05, 4.69) is 15.9 Å². The Hall–Kier alpha value is -0.390. The van der Waals surface area contributed by atoms with Gasteiger partial charge in [-0.15, -0.1) is 0 Å². The van der Waals surface area contributed by atoms with Crippen LogP contribution in [0.15, 0.2) is 33.6 Å². The van der Waals surface area contributed by atoms with Crippen LogP contribution in [0.5, 0.6) is 0 Å². The maximum Gasteiger partial charge on any atom is 0.296 e. The Balaban J connectivity index is 1.36. The van der Waals surface area contributed by atoms with Gasteiger partial charge in [0, 0.05) is 4.47 Å². The van der Waals surface area contributed by atoms with Gasteiger partial charge in [0.2, 0.25) is 0 Å². The van der Waals surface area contributed by atoms with Crippen LogP contribution in [0.2, 0.25) is 0 Å². The minimum absolute atomic E-state index is 0.241. The van der Waals surface area contributed by atoms with Gasteiger partial charge in [0.1, 0.15) is 0 Å².